The van der Waals surface area contributed by atoms with Gasteiger partial charge in [0.15, 0.2) is 11.7 Å². The lowest BCUT2D eigenvalue weighted by Gasteiger charge is -2.16. The van der Waals surface area contributed by atoms with E-state index >= 15 is 0 Å². The number of hydrogen-bond donors (Lipinski definition) is 2. The number of carbonyl (C=O) groups excluding carboxylic acids is 1. The Bertz CT molecular complexity index is 904. The first kappa shape index (κ1) is 20.3. The van der Waals surface area contributed by atoms with Gasteiger partial charge in [0.05, 0.1) is 18.6 Å². The molecule has 0 radical (unpaired) electrons. The molecule has 0 saturated carbocycles. The largest absolute Gasteiger partial charge is 0.480 e. The molecule has 0 saturated heterocycles. The Hall–Kier alpha value is -3.00. The van der Waals surface area contributed by atoms with Crippen LogP contribution in [0.4, 0.5) is 0 Å². The zero-order valence-electron chi connectivity index (χ0n) is 15.3. The van der Waals surface area contributed by atoms with Gasteiger partial charge in [0.25, 0.3) is 11.5 Å². The molecule has 1 atom stereocenters. The van der Waals surface area contributed by atoms with Gasteiger partial charge in [0, 0.05) is 11.9 Å². The SMILES string of the molecule is C=CCOCC(NC(=O)c1nn(CC(C)C)c(=O)c2ccccc12)C(=O)O. The van der Waals surface area contributed by atoms with Crippen molar-refractivity contribution < 1.29 is 19.4 Å². The molecule has 1 aromatic heterocycles. The van der Waals surface area contributed by atoms with Gasteiger partial charge >= 0.3 is 5.97 Å². The van der Waals surface area contributed by atoms with Crippen molar-refractivity contribution in [3.8, 4) is 0 Å². The van der Waals surface area contributed by atoms with Gasteiger partial charge in [-0.15, -0.1) is 6.58 Å². The maximum absolute atomic E-state index is 12.7. The highest BCUT2D eigenvalue weighted by Gasteiger charge is 2.24. The monoisotopic (exact) mass is 373 g/mol. The van der Waals surface area contributed by atoms with E-state index in [0.29, 0.717) is 17.3 Å². The topological polar surface area (TPSA) is 111 Å². The van der Waals surface area contributed by atoms with Crippen LogP contribution < -0.4 is 10.9 Å². The smallest absolute Gasteiger partial charge is 0.328 e. The summed E-state index contributed by atoms with van der Waals surface area (Å²) in [5.41, 5.74) is -0.291. The van der Waals surface area contributed by atoms with Crippen molar-refractivity contribution in [2.75, 3.05) is 13.2 Å². The number of nitrogens with zero attached hydrogens (tertiary/aromatic N) is 2. The number of ether oxygens (including phenoxy) is 1. The van der Waals surface area contributed by atoms with Gasteiger partial charge in [-0.05, 0) is 12.0 Å². The summed E-state index contributed by atoms with van der Waals surface area (Å²) in [5, 5.41) is 16.6. The molecule has 0 bridgehead atoms. The molecule has 8 heteroatoms. The number of amides is 1. The van der Waals surface area contributed by atoms with E-state index in [4.69, 9.17) is 4.74 Å². The van der Waals surface area contributed by atoms with Gasteiger partial charge in [-0.2, -0.15) is 5.10 Å². The van der Waals surface area contributed by atoms with Gasteiger partial charge < -0.3 is 15.2 Å². The molecule has 1 heterocycles. The van der Waals surface area contributed by atoms with Crippen LogP contribution in [0.1, 0.15) is 24.3 Å². The van der Waals surface area contributed by atoms with E-state index in [2.05, 4.69) is 17.0 Å². The Morgan fingerprint density at radius 1 is 1.33 bits per heavy atom. The average Bonchev–Trinajstić information content (AvgIpc) is 2.62. The second-order valence-corrected chi connectivity index (χ2v) is 6.47. The number of benzene rings is 1. The summed E-state index contributed by atoms with van der Waals surface area (Å²) in [4.78, 5) is 36.7. The van der Waals surface area contributed by atoms with Crippen LogP contribution in [-0.2, 0) is 16.1 Å². The molecular formula is C19H23N3O5. The van der Waals surface area contributed by atoms with Crippen molar-refractivity contribution in [3.63, 3.8) is 0 Å². The van der Waals surface area contributed by atoms with E-state index < -0.39 is 17.9 Å². The standard InChI is InChI=1S/C19H23N3O5/c1-4-9-27-11-15(19(25)26)20-17(23)16-13-7-5-6-8-14(13)18(24)22(21-16)10-12(2)3/h4-8,12,15H,1,9-11H2,2-3H3,(H,20,23)(H,25,26). The minimum Gasteiger partial charge on any atom is -0.480 e. The molecule has 1 amide bonds. The first-order valence-corrected chi connectivity index (χ1v) is 8.57. The van der Waals surface area contributed by atoms with Crippen molar-refractivity contribution in [1.29, 1.82) is 0 Å². The van der Waals surface area contributed by atoms with Crippen molar-refractivity contribution in [1.82, 2.24) is 15.1 Å². The first-order valence-electron chi connectivity index (χ1n) is 8.57. The van der Waals surface area contributed by atoms with Gasteiger partial charge in [-0.25, -0.2) is 9.48 Å². The van der Waals surface area contributed by atoms with E-state index in [1.54, 1.807) is 24.3 Å². The van der Waals surface area contributed by atoms with Crippen LogP contribution in [0.15, 0.2) is 41.7 Å². The van der Waals surface area contributed by atoms with E-state index in [1.165, 1.54) is 10.8 Å². The van der Waals surface area contributed by atoms with Crippen LogP contribution in [0.5, 0.6) is 0 Å². The van der Waals surface area contributed by atoms with Crippen LogP contribution in [0, 0.1) is 5.92 Å². The number of carboxylic acid groups (broad SMARTS) is 1. The van der Waals surface area contributed by atoms with Crippen molar-refractivity contribution in [2.24, 2.45) is 5.92 Å². The Morgan fingerprint density at radius 3 is 2.59 bits per heavy atom. The Kier molecular flexibility index (Phi) is 6.84. The third kappa shape index (κ3) is 5.01. The summed E-state index contributed by atoms with van der Waals surface area (Å²) >= 11 is 0. The summed E-state index contributed by atoms with van der Waals surface area (Å²) in [6.45, 7) is 7.64. The van der Waals surface area contributed by atoms with Crippen molar-refractivity contribution in [3.05, 3.63) is 53.0 Å². The molecular weight excluding hydrogens is 350 g/mol. The first-order chi connectivity index (χ1) is 12.8. The molecule has 2 rings (SSSR count). The lowest BCUT2D eigenvalue weighted by molar-refractivity contribution is -0.140. The number of hydrogen-bond acceptors (Lipinski definition) is 5. The number of aliphatic carboxylic acids is 1. The number of aromatic nitrogens is 2. The highest BCUT2D eigenvalue weighted by molar-refractivity contribution is 6.05. The predicted molar refractivity (Wildman–Crippen MR) is 101 cm³/mol. The maximum atomic E-state index is 12.7. The molecule has 144 valence electrons. The van der Waals surface area contributed by atoms with E-state index in [-0.39, 0.29) is 30.4 Å². The number of rotatable bonds is 9. The molecule has 27 heavy (non-hydrogen) atoms. The summed E-state index contributed by atoms with van der Waals surface area (Å²) < 4.78 is 6.38. The van der Waals surface area contributed by atoms with Gasteiger partial charge in [0.2, 0.25) is 0 Å². The molecule has 2 aromatic rings. The molecule has 0 aliphatic carbocycles. The van der Waals surface area contributed by atoms with E-state index in [1.807, 2.05) is 13.8 Å². The van der Waals surface area contributed by atoms with Crippen LogP contribution in [0.25, 0.3) is 10.8 Å². The van der Waals surface area contributed by atoms with Crippen LogP contribution >= 0.6 is 0 Å². The molecule has 2 N–H and O–H groups in total. The summed E-state index contributed by atoms with van der Waals surface area (Å²) in [6, 6.07) is 5.38. The minimum atomic E-state index is -1.25. The zero-order chi connectivity index (χ0) is 20.0. The number of nitrogens with one attached hydrogen (secondary N) is 1. The van der Waals surface area contributed by atoms with Crippen LogP contribution in [0.3, 0.4) is 0 Å². The van der Waals surface area contributed by atoms with Crippen LogP contribution in [-0.4, -0.2) is 46.0 Å². The molecule has 1 unspecified atom stereocenters. The molecule has 1 aromatic carbocycles. The van der Waals surface area contributed by atoms with E-state index in [9.17, 15) is 19.5 Å². The van der Waals surface area contributed by atoms with Gasteiger partial charge in [-0.1, -0.05) is 38.1 Å². The quantitative estimate of drug-likeness (QED) is 0.508. The molecule has 0 aliphatic rings. The molecule has 8 nitrogen and oxygen atoms in total. The lowest BCUT2D eigenvalue weighted by atomic mass is 10.1. The second kappa shape index (κ2) is 9.09. The summed E-state index contributed by atoms with van der Waals surface area (Å²) in [7, 11) is 0. The third-order valence-electron chi connectivity index (χ3n) is 3.74. The minimum absolute atomic E-state index is 0.000760. The lowest BCUT2D eigenvalue weighted by Crippen LogP contribution is -2.45. The summed E-state index contributed by atoms with van der Waals surface area (Å²) in [6.07, 6.45) is 1.48. The molecule has 0 aliphatic heterocycles. The Morgan fingerprint density at radius 2 is 2.00 bits per heavy atom. The highest BCUT2D eigenvalue weighted by atomic mass is 16.5. The van der Waals surface area contributed by atoms with Gasteiger partial charge in [-0.3, -0.25) is 9.59 Å². The normalized spacial score (nSPS) is 12.1. The van der Waals surface area contributed by atoms with E-state index in [0.717, 1.165) is 0 Å². The Labute approximate surface area is 156 Å². The fraction of sp³-hybridized carbons (Fsp3) is 0.368. The molecule has 0 spiro atoms. The summed E-state index contributed by atoms with van der Waals surface area (Å²) in [5.74, 6) is -1.77. The maximum Gasteiger partial charge on any atom is 0.328 e. The third-order valence-corrected chi connectivity index (χ3v) is 3.74. The molecule has 0 fully saturated rings. The van der Waals surface area contributed by atoms with Crippen molar-refractivity contribution in [2.45, 2.75) is 26.4 Å². The number of fused-ring (bicyclic) bond motifs is 1. The predicted octanol–water partition coefficient (Wildman–Crippen LogP) is 1.44. The van der Waals surface area contributed by atoms with Crippen molar-refractivity contribution >= 4 is 22.6 Å². The second-order valence-electron chi connectivity index (χ2n) is 6.47. The fourth-order valence-corrected chi connectivity index (χ4v) is 2.54. The number of carboxylic acids is 1. The highest BCUT2D eigenvalue weighted by Crippen LogP contribution is 2.14. The zero-order valence-corrected chi connectivity index (χ0v) is 15.3. The fourth-order valence-electron chi connectivity index (χ4n) is 2.54. The van der Waals surface area contributed by atoms with Gasteiger partial charge in [0.1, 0.15) is 0 Å². The van der Waals surface area contributed by atoms with Crippen LogP contribution in [0.2, 0.25) is 0 Å². The average molecular weight is 373 g/mol. The number of carbonyl (C=O) groups is 2. The Balaban J connectivity index is 2.41.